The molecule has 0 spiro atoms. The molecule has 20 heavy (non-hydrogen) atoms. The lowest BCUT2D eigenvalue weighted by molar-refractivity contribution is 0.444. The lowest BCUT2D eigenvalue weighted by Gasteiger charge is -2.20. The van der Waals surface area contributed by atoms with E-state index in [1.165, 1.54) is 11.1 Å². The molecule has 2 N–H and O–H groups in total. The van der Waals surface area contributed by atoms with Gasteiger partial charge in [0.05, 0.1) is 4.90 Å². The molecule has 1 aromatic carbocycles. The second kappa shape index (κ2) is 5.47. The van der Waals surface area contributed by atoms with Crippen molar-refractivity contribution in [3.8, 4) is 0 Å². The first-order valence-corrected chi connectivity index (χ1v) is 8.89. The Hall–Kier alpha value is -0.910. The maximum Gasteiger partial charge on any atom is 0.240 e. The third-order valence-corrected chi connectivity index (χ3v) is 6.08. The molecule has 1 aliphatic heterocycles. The van der Waals surface area contributed by atoms with Crippen molar-refractivity contribution in [2.45, 2.75) is 43.5 Å². The molecular weight excluding hydrogens is 272 g/mol. The van der Waals surface area contributed by atoms with Crippen molar-refractivity contribution < 1.29 is 8.42 Å². The summed E-state index contributed by atoms with van der Waals surface area (Å²) in [6.45, 7) is 3.84. The number of hydrogen-bond acceptors (Lipinski definition) is 3. The van der Waals surface area contributed by atoms with Gasteiger partial charge in [0.15, 0.2) is 0 Å². The molecule has 0 aromatic heterocycles. The normalized spacial score (nSPS) is 23.8. The van der Waals surface area contributed by atoms with Crippen LogP contribution < -0.4 is 10.0 Å². The molecule has 2 atom stereocenters. The Balaban J connectivity index is 1.77. The van der Waals surface area contributed by atoms with E-state index in [0.717, 1.165) is 38.8 Å². The maximum atomic E-state index is 12.5. The molecule has 1 fully saturated rings. The highest BCUT2D eigenvalue weighted by molar-refractivity contribution is 7.89. The van der Waals surface area contributed by atoms with Crippen molar-refractivity contribution in [3.05, 3.63) is 29.3 Å². The minimum absolute atomic E-state index is 0.0248. The highest BCUT2D eigenvalue weighted by Gasteiger charge is 2.26. The number of hydrogen-bond donors (Lipinski definition) is 2. The highest BCUT2D eigenvalue weighted by atomic mass is 32.2. The zero-order chi connectivity index (χ0) is 14.2. The van der Waals surface area contributed by atoms with Gasteiger partial charge < -0.3 is 5.32 Å². The highest BCUT2D eigenvalue weighted by Crippen LogP contribution is 2.25. The van der Waals surface area contributed by atoms with E-state index in [4.69, 9.17) is 0 Å². The van der Waals surface area contributed by atoms with Gasteiger partial charge in [0.1, 0.15) is 0 Å². The average Bonchev–Trinajstić information content (AvgIpc) is 3.08. The van der Waals surface area contributed by atoms with Gasteiger partial charge in [0, 0.05) is 6.04 Å². The van der Waals surface area contributed by atoms with Crippen molar-refractivity contribution in [2.75, 3.05) is 13.1 Å². The maximum absolute atomic E-state index is 12.5. The zero-order valence-corrected chi connectivity index (χ0v) is 12.7. The smallest absolute Gasteiger partial charge is 0.240 e. The van der Waals surface area contributed by atoms with E-state index < -0.39 is 10.0 Å². The molecule has 110 valence electrons. The number of aryl methyl sites for hydroxylation is 2. The van der Waals surface area contributed by atoms with Crippen molar-refractivity contribution in [3.63, 3.8) is 0 Å². The average molecular weight is 294 g/mol. The fourth-order valence-corrected chi connectivity index (χ4v) is 4.59. The SMILES string of the molecule is CC(NS(=O)(=O)c1ccc2c(c1)CCC2)C1CCNC1. The molecule has 3 rings (SSSR count). The van der Waals surface area contributed by atoms with Crippen LogP contribution in [0.4, 0.5) is 0 Å². The van der Waals surface area contributed by atoms with Gasteiger partial charge in [-0.05, 0) is 74.9 Å². The molecule has 2 aliphatic rings. The molecule has 0 bridgehead atoms. The monoisotopic (exact) mass is 294 g/mol. The van der Waals surface area contributed by atoms with E-state index in [0.29, 0.717) is 10.8 Å². The first kappa shape index (κ1) is 14.0. The van der Waals surface area contributed by atoms with Crippen LogP contribution in [-0.4, -0.2) is 27.5 Å². The lowest BCUT2D eigenvalue weighted by Crippen LogP contribution is -2.38. The van der Waals surface area contributed by atoms with Gasteiger partial charge in [-0.2, -0.15) is 0 Å². The van der Waals surface area contributed by atoms with Gasteiger partial charge in [-0.1, -0.05) is 6.07 Å². The lowest BCUT2D eigenvalue weighted by atomic mass is 10.0. The van der Waals surface area contributed by atoms with Gasteiger partial charge in [0.2, 0.25) is 10.0 Å². The summed E-state index contributed by atoms with van der Waals surface area (Å²) in [5, 5.41) is 3.28. The van der Waals surface area contributed by atoms with Gasteiger partial charge in [-0.15, -0.1) is 0 Å². The molecule has 1 aliphatic carbocycles. The Bertz CT molecular complexity index is 592. The molecular formula is C15H22N2O2S. The van der Waals surface area contributed by atoms with E-state index in [1.54, 1.807) is 6.07 Å². The van der Waals surface area contributed by atoms with Gasteiger partial charge in [-0.3, -0.25) is 0 Å². The third-order valence-electron chi connectivity index (χ3n) is 4.53. The van der Waals surface area contributed by atoms with E-state index in [1.807, 2.05) is 19.1 Å². The zero-order valence-electron chi connectivity index (χ0n) is 11.9. The van der Waals surface area contributed by atoms with Crippen LogP contribution in [0.3, 0.4) is 0 Å². The molecule has 4 nitrogen and oxygen atoms in total. The fraction of sp³-hybridized carbons (Fsp3) is 0.600. The van der Waals surface area contributed by atoms with E-state index in [-0.39, 0.29) is 6.04 Å². The summed E-state index contributed by atoms with van der Waals surface area (Å²) < 4.78 is 27.8. The van der Waals surface area contributed by atoms with Gasteiger partial charge >= 0.3 is 0 Å². The Kier molecular flexibility index (Phi) is 3.84. The van der Waals surface area contributed by atoms with E-state index >= 15 is 0 Å². The van der Waals surface area contributed by atoms with E-state index in [9.17, 15) is 8.42 Å². The van der Waals surface area contributed by atoms with Gasteiger partial charge in [-0.25, -0.2) is 13.1 Å². The summed E-state index contributed by atoms with van der Waals surface area (Å²) in [7, 11) is -3.40. The standard InChI is InChI=1S/C15H22N2O2S/c1-11(14-7-8-16-10-14)17-20(18,19)15-6-5-12-3-2-4-13(12)9-15/h5-6,9,11,14,16-17H,2-4,7-8,10H2,1H3. The predicted molar refractivity (Wildman–Crippen MR) is 79.2 cm³/mol. The first-order chi connectivity index (χ1) is 9.56. The minimum Gasteiger partial charge on any atom is -0.316 e. The molecule has 1 heterocycles. The van der Waals surface area contributed by atoms with Crippen LogP contribution in [0.25, 0.3) is 0 Å². The van der Waals surface area contributed by atoms with Crippen molar-refractivity contribution >= 4 is 10.0 Å². The molecule has 0 saturated carbocycles. The first-order valence-electron chi connectivity index (χ1n) is 7.41. The van der Waals surface area contributed by atoms with Crippen LogP contribution in [0.2, 0.25) is 0 Å². The van der Waals surface area contributed by atoms with Crippen molar-refractivity contribution in [2.24, 2.45) is 5.92 Å². The predicted octanol–water partition coefficient (Wildman–Crippen LogP) is 1.45. The summed E-state index contributed by atoms with van der Waals surface area (Å²) in [6, 6.07) is 5.54. The van der Waals surface area contributed by atoms with E-state index in [2.05, 4.69) is 10.0 Å². The summed E-state index contributed by atoms with van der Waals surface area (Å²) in [5.74, 6) is 0.388. The molecule has 5 heteroatoms. The molecule has 1 aromatic rings. The third kappa shape index (κ3) is 2.75. The summed E-state index contributed by atoms with van der Waals surface area (Å²) in [6.07, 6.45) is 4.25. The molecule has 0 amide bonds. The van der Waals surface area contributed by atoms with Crippen LogP contribution in [0.15, 0.2) is 23.1 Å². The second-order valence-corrected chi connectivity index (χ2v) is 7.66. The molecule has 1 saturated heterocycles. The van der Waals surface area contributed by atoms with Crippen molar-refractivity contribution in [1.29, 1.82) is 0 Å². The summed E-state index contributed by atoms with van der Waals surface area (Å²) in [4.78, 5) is 0.413. The largest absolute Gasteiger partial charge is 0.316 e. The second-order valence-electron chi connectivity index (χ2n) is 5.95. The van der Waals surface area contributed by atoms with Crippen LogP contribution in [-0.2, 0) is 22.9 Å². The Morgan fingerprint density at radius 1 is 1.30 bits per heavy atom. The number of benzene rings is 1. The quantitative estimate of drug-likeness (QED) is 0.884. The molecule has 2 unspecified atom stereocenters. The number of sulfonamides is 1. The summed E-state index contributed by atoms with van der Waals surface area (Å²) in [5.41, 5.74) is 2.50. The number of nitrogens with one attached hydrogen (secondary N) is 2. The number of fused-ring (bicyclic) bond motifs is 1. The van der Waals surface area contributed by atoms with Crippen LogP contribution in [0.1, 0.15) is 30.9 Å². The number of rotatable bonds is 4. The Morgan fingerprint density at radius 3 is 2.85 bits per heavy atom. The van der Waals surface area contributed by atoms with Gasteiger partial charge in [0.25, 0.3) is 0 Å². The van der Waals surface area contributed by atoms with Crippen LogP contribution in [0, 0.1) is 5.92 Å². The Morgan fingerprint density at radius 2 is 2.10 bits per heavy atom. The van der Waals surface area contributed by atoms with Crippen LogP contribution >= 0.6 is 0 Å². The van der Waals surface area contributed by atoms with Crippen LogP contribution in [0.5, 0.6) is 0 Å². The topological polar surface area (TPSA) is 58.2 Å². The fourth-order valence-electron chi connectivity index (χ4n) is 3.23. The Labute approximate surface area is 121 Å². The minimum atomic E-state index is -3.40. The molecule has 0 radical (unpaired) electrons. The van der Waals surface area contributed by atoms with Crippen molar-refractivity contribution in [1.82, 2.24) is 10.0 Å². The summed E-state index contributed by atoms with van der Waals surface area (Å²) >= 11 is 0.